The van der Waals surface area contributed by atoms with E-state index in [1.54, 1.807) is 6.08 Å². The molecule has 0 fully saturated rings. The van der Waals surface area contributed by atoms with Gasteiger partial charge < -0.3 is 20.3 Å². The predicted octanol–water partition coefficient (Wildman–Crippen LogP) is 16.2. The third-order valence-electron chi connectivity index (χ3n) is 11.8. The van der Waals surface area contributed by atoms with Gasteiger partial charge in [-0.15, -0.1) is 0 Å². The summed E-state index contributed by atoms with van der Waals surface area (Å²) in [6, 6.07) is -0.744. The van der Waals surface area contributed by atoms with Crippen molar-refractivity contribution in [2.75, 3.05) is 6.61 Å². The standard InChI is InChI=1S/C57H101NO5/c1-4-7-10-13-16-19-22-24-26-28-29-31-34-36-39-42-45-48-53(63-57(62)50-47-44-41-38-33-21-18-15-12-9-6-3)51-56(61)58-54(52-59)55(60)49-46-43-40-37-35-32-30-27-25-23-20-17-14-11-8-5-2/h7,10,16,19,24,26,29,31,36,39,45,48,53-55,59-60H,4-6,8-9,11-15,17-18,20-23,25,27-28,30,32-35,37-38,40-44,46-47,49-52H2,1-3H3,(H,58,61)/b10-7-,19-16-,26-24-,31-29-,39-36-,48-45-. The summed E-state index contributed by atoms with van der Waals surface area (Å²) < 4.78 is 5.82. The second-order valence-corrected chi connectivity index (χ2v) is 17.9. The smallest absolute Gasteiger partial charge is 0.306 e. The molecule has 0 saturated carbocycles. The highest BCUT2D eigenvalue weighted by molar-refractivity contribution is 5.78. The van der Waals surface area contributed by atoms with E-state index in [2.05, 4.69) is 86.8 Å². The summed E-state index contributed by atoms with van der Waals surface area (Å²) in [5, 5.41) is 23.7. The van der Waals surface area contributed by atoms with Crippen LogP contribution >= 0.6 is 0 Å². The number of amides is 1. The fourth-order valence-electron chi connectivity index (χ4n) is 7.78. The van der Waals surface area contributed by atoms with Crippen LogP contribution in [0.25, 0.3) is 0 Å². The fraction of sp³-hybridized carbons (Fsp3) is 0.754. The highest BCUT2D eigenvalue weighted by Gasteiger charge is 2.23. The molecule has 0 aliphatic carbocycles. The Morgan fingerprint density at radius 2 is 0.825 bits per heavy atom. The number of esters is 1. The van der Waals surface area contributed by atoms with E-state index >= 15 is 0 Å². The average Bonchev–Trinajstić information content (AvgIpc) is 3.28. The van der Waals surface area contributed by atoms with Gasteiger partial charge in [0.1, 0.15) is 6.10 Å². The molecular weight excluding hydrogens is 779 g/mol. The third kappa shape index (κ3) is 45.7. The molecule has 0 bridgehead atoms. The van der Waals surface area contributed by atoms with Crippen LogP contribution in [0.1, 0.15) is 252 Å². The summed E-state index contributed by atoms with van der Waals surface area (Å²) in [5.74, 6) is -0.627. The Kier molecular flexibility index (Phi) is 48.1. The number of ether oxygens (including phenoxy) is 1. The number of hydrogen-bond acceptors (Lipinski definition) is 5. The van der Waals surface area contributed by atoms with Crippen LogP contribution in [0.15, 0.2) is 72.9 Å². The lowest BCUT2D eigenvalue weighted by Crippen LogP contribution is -2.46. The molecule has 0 aromatic carbocycles. The van der Waals surface area contributed by atoms with E-state index in [1.165, 1.54) is 135 Å². The van der Waals surface area contributed by atoms with Crippen LogP contribution in [0, 0.1) is 0 Å². The fourth-order valence-corrected chi connectivity index (χ4v) is 7.78. The Hall–Kier alpha value is -2.70. The van der Waals surface area contributed by atoms with E-state index in [1.807, 2.05) is 6.08 Å². The molecule has 6 nitrogen and oxygen atoms in total. The second kappa shape index (κ2) is 50.3. The molecule has 0 aromatic rings. The molecule has 0 aliphatic heterocycles. The Balaban J connectivity index is 4.70. The van der Waals surface area contributed by atoms with Crippen LogP contribution in [-0.4, -0.2) is 46.9 Å². The average molecular weight is 880 g/mol. The monoisotopic (exact) mass is 880 g/mol. The second-order valence-electron chi connectivity index (χ2n) is 17.9. The molecule has 0 aromatic heterocycles. The number of aliphatic hydroxyl groups is 2. The van der Waals surface area contributed by atoms with Crippen molar-refractivity contribution >= 4 is 11.9 Å². The van der Waals surface area contributed by atoms with E-state index in [0.29, 0.717) is 19.3 Å². The SMILES string of the molecule is CC/C=C\C/C=C\C/C=C\C/C=C\C/C=C\C/C=C\C(CC(=O)NC(CO)C(O)CCCCCCCCCCCCCCCCCC)OC(=O)CCCCCCCCCCCCC. The zero-order chi connectivity index (χ0) is 45.9. The van der Waals surface area contributed by atoms with E-state index < -0.39 is 18.2 Å². The van der Waals surface area contributed by atoms with Gasteiger partial charge in [-0.3, -0.25) is 9.59 Å². The lowest BCUT2D eigenvalue weighted by atomic mass is 10.0. The van der Waals surface area contributed by atoms with Crippen LogP contribution in [0.2, 0.25) is 0 Å². The van der Waals surface area contributed by atoms with Gasteiger partial charge in [-0.05, 0) is 57.4 Å². The highest BCUT2D eigenvalue weighted by Crippen LogP contribution is 2.16. The largest absolute Gasteiger partial charge is 0.458 e. The molecule has 364 valence electrons. The van der Waals surface area contributed by atoms with E-state index in [9.17, 15) is 19.8 Å². The van der Waals surface area contributed by atoms with Crippen molar-refractivity contribution in [3.05, 3.63) is 72.9 Å². The van der Waals surface area contributed by atoms with Crippen LogP contribution in [0.4, 0.5) is 0 Å². The Bertz CT molecular complexity index is 1170. The summed E-state index contributed by atoms with van der Waals surface area (Å²) in [7, 11) is 0. The molecule has 0 heterocycles. The van der Waals surface area contributed by atoms with E-state index in [0.717, 1.165) is 70.6 Å². The van der Waals surface area contributed by atoms with Crippen LogP contribution in [0.5, 0.6) is 0 Å². The van der Waals surface area contributed by atoms with Gasteiger partial charge in [0.15, 0.2) is 0 Å². The van der Waals surface area contributed by atoms with Crippen LogP contribution < -0.4 is 5.32 Å². The third-order valence-corrected chi connectivity index (χ3v) is 11.8. The quantitative estimate of drug-likeness (QED) is 0.0321. The Labute approximate surface area is 390 Å². The van der Waals surface area contributed by atoms with E-state index in [-0.39, 0.29) is 24.9 Å². The lowest BCUT2D eigenvalue weighted by molar-refractivity contribution is -0.148. The maximum Gasteiger partial charge on any atom is 0.306 e. The van der Waals surface area contributed by atoms with Crippen molar-refractivity contribution in [2.45, 2.75) is 270 Å². The molecule has 3 N–H and O–H groups in total. The molecule has 1 amide bonds. The first-order valence-corrected chi connectivity index (χ1v) is 26.7. The molecule has 0 saturated heterocycles. The normalized spacial score (nSPS) is 13.8. The number of aliphatic hydroxyl groups excluding tert-OH is 2. The van der Waals surface area contributed by atoms with E-state index in [4.69, 9.17) is 4.74 Å². The summed E-state index contributed by atoms with van der Waals surface area (Å²) in [6.07, 6.45) is 64.2. The minimum atomic E-state index is -0.821. The number of carbonyl (C=O) groups excluding carboxylic acids is 2. The molecule has 0 radical (unpaired) electrons. The number of hydrogen-bond donors (Lipinski definition) is 3. The zero-order valence-electron chi connectivity index (χ0n) is 41.4. The Morgan fingerprint density at radius 1 is 0.476 bits per heavy atom. The zero-order valence-corrected chi connectivity index (χ0v) is 41.4. The molecule has 63 heavy (non-hydrogen) atoms. The first-order chi connectivity index (χ1) is 31.0. The number of carbonyl (C=O) groups is 2. The molecule has 0 rings (SSSR count). The van der Waals surface area contributed by atoms with Gasteiger partial charge in [0.2, 0.25) is 5.91 Å². The Morgan fingerprint density at radius 3 is 1.21 bits per heavy atom. The minimum Gasteiger partial charge on any atom is -0.458 e. The molecular formula is C57H101NO5. The highest BCUT2D eigenvalue weighted by atomic mass is 16.5. The van der Waals surface area contributed by atoms with Crippen LogP contribution in [-0.2, 0) is 14.3 Å². The molecule has 6 heteroatoms. The maximum atomic E-state index is 13.2. The summed E-state index contributed by atoms with van der Waals surface area (Å²) in [6.45, 7) is 6.34. The molecule has 3 atom stereocenters. The lowest BCUT2D eigenvalue weighted by Gasteiger charge is -2.23. The number of allylic oxidation sites excluding steroid dienone is 11. The predicted molar refractivity (Wildman–Crippen MR) is 273 cm³/mol. The summed E-state index contributed by atoms with van der Waals surface area (Å²) in [5.41, 5.74) is 0. The van der Waals surface area contributed by atoms with Gasteiger partial charge in [-0.2, -0.15) is 0 Å². The molecule has 3 unspecified atom stereocenters. The van der Waals surface area contributed by atoms with Gasteiger partial charge in [0.25, 0.3) is 0 Å². The summed E-state index contributed by atoms with van der Waals surface area (Å²) in [4.78, 5) is 26.1. The first-order valence-electron chi connectivity index (χ1n) is 26.7. The summed E-state index contributed by atoms with van der Waals surface area (Å²) >= 11 is 0. The topological polar surface area (TPSA) is 95.9 Å². The van der Waals surface area contributed by atoms with Crippen LogP contribution in [0.3, 0.4) is 0 Å². The van der Waals surface area contributed by atoms with Gasteiger partial charge in [0.05, 0.1) is 25.2 Å². The van der Waals surface area contributed by atoms with Crippen molar-refractivity contribution in [1.29, 1.82) is 0 Å². The van der Waals surface area contributed by atoms with Crippen molar-refractivity contribution in [3.8, 4) is 0 Å². The van der Waals surface area contributed by atoms with Crippen molar-refractivity contribution in [1.82, 2.24) is 5.32 Å². The van der Waals surface area contributed by atoms with Gasteiger partial charge >= 0.3 is 5.97 Å². The number of rotatable bonds is 47. The molecule has 0 spiro atoms. The number of unbranched alkanes of at least 4 members (excludes halogenated alkanes) is 25. The number of nitrogens with one attached hydrogen (secondary N) is 1. The first kappa shape index (κ1) is 60.3. The van der Waals surface area contributed by atoms with Gasteiger partial charge in [-0.25, -0.2) is 0 Å². The van der Waals surface area contributed by atoms with Crippen molar-refractivity contribution in [2.24, 2.45) is 0 Å². The maximum absolute atomic E-state index is 13.2. The molecule has 0 aliphatic rings. The van der Waals surface area contributed by atoms with Crippen molar-refractivity contribution in [3.63, 3.8) is 0 Å². The minimum absolute atomic E-state index is 0.0472. The van der Waals surface area contributed by atoms with Gasteiger partial charge in [0, 0.05) is 6.42 Å². The van der Waals surface area contributed by atoms with Gasteiger partial charge in [-0.1, -0.05) is 255 Å². The van der Waals surface area contributed by atoms with Crippen molar-refractivity contribution < 1.29 is 24.5 Å².